The van der Waals surface area contributed by atoms with E-state index in [2.05, 4.69) is 54.7 Å². The van der Waals surface area contributed by atoms with Crippen LogP contribution in [-0.4, -0.2) is 25.9 Å². The van der Waals surface area contributed by atoms with Gasteiger partial charge in [0, 0.05) is 11.1 Å². The molecule has 0 saturated carbocycles. The van der Waals surface area contributed by atoms with Crippen molar-refractivity contribution >= 4 is 5.71 Å². The van der Waals surface area contributed by atoms with Gasteiger partial charge in [-0.05, 0) is 63.2 Å². The molecule has 0 aromatic heterocycles. The average Bonchev–Trinajstić information content (AvgIpc) is 3.04. The van der Waals surface area contributed by atoms with Crippen LogP contribution >= 0.6 is 0 Å². The van der Waals surface area contributed by atoms with Crippen molar-refractivity contribution in [1.82, 2.24) is 5.32 Å². The minimum Gasteiger partial charge on any atom is -0.494 e. The first-order chi connectivity index (χ1) is 12.3. The first-order valence-electron chi connectivity index (χ1n) is 9.30. The van der Waals surface area contributed by atoms with Crippen LogP contribution in [-0.2, 0) is 6.54 Å². The molecule has 132 valence electrons. The molecule has 1 heterocycles. The molecule has 3 rings (SSSR count). The highest BCUT2D eigenvalue weighted by Crippen LogP contribution is 2.25. The molecule has 2 aromatic carbocycles. The molecule has 1 aliphatic rings. The van der Waals surface area contributed by atoms with Crippen molar-refractivity contribution in [3.8, 4) is 5.75 Å². The predicted octanol–water partition coefficient (Wildman–Crippen LogP) is 4.50. The molecule has 0 radical (unpaired) electrons. The fourth-order valence-corrected chi connectivity index (χ4v) is 3.24. The Balaban J connectivity index is 1.50. The van der Waals surface area contributed by atoms with E-state index >= 15 is 0 Å². The summed E-state index contributed by atoms with van der Waals surface area (Å²) < 4.78 is 5.86. The average molecular weight is 336 g/mol. The van der Waals surface area contributed by atoms with Gasteiger partial charge >= 0.3 is 0 Å². The van der Waals surface area contributed by atoms with E-state index < -0.39 is 0 Å². The van der Waals surface area contributed by atoms with Crippen LogP contribution in [0.15, 0.2) is 47.5 Å². The Bertz CT molecular complexity index is 719. The van der Waals surface area contributed by atoms with E-state index in [4.69, 9.17) is 9.73 Å². The van der Waals surface area contributed by atoms with Crippen LogP contribution in [0.5, 0.6) is 5.75 Å². The summed E-state index contributed by atoms with van der Waals surface area (Å²) >= 11 is 0. The van der Waals surface area contributed by atoms with Crippen LogP contribution in [0.2, 0.25) is 0 Å². The minimum atomic E-state index is 0.790. The van der Waals surface area contributed by atoms with Gasteiger partial charge in [0.1, 0.15) is 5.75 Å². The number of nitrogens with one attached hydrogen (secondary N) is 1. The van der Waals surface area contributed by atoms with Crippen molar-refractivity contribution in [2.75, 3.05) is 20.2 Å². The fraction of sp³-hybridized carbons (Fsp3) is 0.409. The van der Waals surface area contributed by atoms with Crippen LogP contribution < -0.4 is 10.1 Å². The van der Waals surface area contributed by atoms with Gasteiger partial charge < -0.3 is 10.1 Å². The predicted molar refractivity (Wildman–Crippen MR) is 105 cm³/mol. The first kappa shape index (κ1) is 17.7. The fourth-order valence-electron chi connectivity index (χ4n) is 3.24. The zero-order valence-electron chi connectivity index (χ0n) is 15.3. The lowest BCUT2D eigenvalue weighted by Crippen LogP contribution is -2.07. The smallest absolute Gasteiger partial charge is 0.119 e. The molecule has 3 heteroatoms. The zero-order chi connectivity index (χ0) is 17.5. The van der Waals surface area contributed by atoms with E-state index in [0.717, 1.165) is 37.6 Å². The standard InChI is InChI=1S/C22H28N2O/c1-17-7-12-21-19(15-17)16-24-22(21)18-8-10-20(11-9-18)25-14-6-4-3-5-13-23-2/h7-12,15,23H,3-6,13-14,16H2,1-2H3. The molecular weight excluding hydrogens is 308 g/mol. The molecular formula is C22H28N2O. The number of nitrogens with zero attached hydrogens (tertiary/aromatic N) is 1. The van der Waals surface area contributed by atoms with Gasteiger partial charge in [0.05, 0.1) is 18.9 Å². The molecule has 1 aliphatic heterocycles. The van der Waals surface area contributed by atoms with E-state index in [1.54, 1.807) is 0 Å². The molecule has 0 atom stereocenters. The van der Waals surface area contributed by atoms with Crippen LogP contribution in [0.4, 0.5) is 0 Å². The molecule has 0 saturated heterocycles. The van der Waals surface area contributed by atoms with Crippen LogP contribution in [0.1, 0.15) is 47.9 Å². The van der Waals surface area contributed by atoms with E-state index in [0.29, 0.717) is 0 Å². The summed E-state index contributed by atoms with van der Waals surface area (Å²) in [6.07, 6.45) is 4.85. The largest absolute Gasteiger partial charge is 0.494 e. The lowest BCUT2D eigenvalue weighted by Gasteiger charge is -2.08. The lowest BCUT2D eigenvalue weighted by atomic mass is 9.99. The Labute approximate surface area is 151 Å². The van der Waals surface area contributed by atoms with E-state index in [1.165, 1.54) is 41.5 Å². The second-order valence-corrected chi connectivity index (χ2v) is 6.72. The van der Waals surface area contributed by atoms with Crippen LogP contribution in [0, 0.1) is 6.92 Å². The van der Waals surface area contributed by atoms with Gasteiger partial charge in [-0.2, -0.15) is 0 Å². The third-order valence-corrected chi connectivity index (χ3v) is 4.64. The van der Waals surface area contributed by atoms with E-state index in [1.807, 2.05) is 7.05 Å². The second-order valence-electron chi connectivity index (χ2n) is 6.72. The van der Waals surface area contributed by atoms with Crippen molar-refractivity contribution in [1.29, 1.82) is 0 Å². The Kier molecular flexibility index (Phi) is 6.24. The lowest BCUT2D eigenvalue weighted by molar-refractivity contribution is 0.304. The van der Waals surface area contributed by atoms with Crippen molar-refractivity contribution in [2.24, 2.45) is 4.99 Å². The highest BCUT2D eigenvalue weighted by atomic mass is 16.5. The Hall–Kier alpha value is -2.13. The molecule has 25 heavy (non-hydrogen) atoms. The van der Waals surface area contributed by atoms with Gasteiger partial charge in [-0.25, -0.2) is 0 Å². The number of hydrogen-bond donors (Lipinski definition) is 1. The summed E-state index contributed by atoms with van der Waals surface area (Å²) in [5.74, 6) is 0.946. The van der Waals surface area contributed by atoms with Gasteiger partial charge in [-0.3, -0.25) is 4.99 Å². The molecule has 0 bridgehead atoms. The summed E-state index contributed by atoms with van der Waals surface area (Å²) in [4.78, 5) is 4.73. The molecule has 0 unspecified atom stereocenters. The van der Waals surface area contributed by atoms with E-state index in [9.17, 15) is 0 Å². The first-order valence-corrected chi connectivity index (χ1v) is 9.30. The van der Waals surface area contributed by atoms with Gasteiger partial charge in [0.2, 0.25) is 0 Å². The number of benzene rings is 2. The molecule has 3 nitrogen and oxygen atoms in total. The maximum atomic E-state index is 5.86. The maximum absolute atomic E-state index is 5.86. The summed E-state index contributed by atoms with van der Waals surface area (Å²) in [6.45, 7) is 4.82. The van der Waals surface area contributed by atoms with Gasteiger partial charge in [-0.1, -0.05) is 36.6 Å². The molecule has 0 fully saturated rings. The summed E-state index contributed by atoms with van der Waals surface area (Å²) in [6, 6.07) is 14.9. The maximum Gasteiger partial charge on any atom is 0.119 e. The number of fused-ring (bicyclic) bond motifs is 1. The Morgan fingerprint density at radius 1 is 1.00 bits per heavy atom. The topological polar surface area (TPSA) is 33.6 Å². The molecule has 1 N–H and O–H groups in total. The Morgan fingerprint density at radius 2 is 1.80 bits per heavy atom. The zero-order valence-corrected chi connectivity index (χ0v) is 15.3. The quantitative estimate of drug-likeness (QED) is 0.684. The molecule has 0 spiro atoms. The highest BCUT2D eigenvalue weighted by Gasteiger charge is 2.17. The summed E-state index contributed by atoms with van der Waals surface area (Å²) in [5.41, 5.74) is 6.16. The highest BCUT2D eigenvalue weighted by molar-refractivity contribution is 6.15. The molecule has 2 aromatic rings. The number of ether oxygens (including phenoxy) is 1. The Morgan fingerprint density at radius 3 is 2.60 bits per heavy atom. The third-order valence-electron chi connectivity index (χ3n) is 4.64. The number of unbranched alkanes of at least 4 members (excludes halogenated alkanes) is 3. The van der Waals surface area contributed by atoms with Crippen LogP contribution in [0.25, 0.3) is 0 Å². The van der Waals surface area contributed by atoms with E-state index in [-0.39, 0.29) is 0 Å². The summed E-state index contributed by atoms with van der Waals surface area (Å²) in [7, 11) is 2.00. The van der Waals surface area contributed by atoms with Crippen molar-refractivity contribution in [3.63, 3.8) is 0 Å². The second kappa shape index (κ2) is 8.82. The SMILES string of the molecule is CNCCCCCCOc1ccc(C2=NCc3cc(C)ccc32)cc1. The molecule has 0 amide bonds. The van der Waals surface area contributed by atoms with Crippen molar-refractivity contribution in [3.05, 3.63) is 64.7 Å². The van der Waals surface area contributed by atoms with Crippen molar-refractivity contribution < 1.29 is 4.74 Å². The van der Waals surface area contributed by atoms with Crippen molar-refractivity contribution in [2.45, 2.75) is 39.2 Å². The number of rotatable bonds is 9. The van der Waals surface area contributed by atoms with Gasteiger partial charge in [0.25, 0.3) is 0 Å². The van der Waals surface area contributed by atoms with Crippen LogP contribution in [0.3, 0.4) is 0 Å². The minimum absolute atomic E-state index is 0.790. The van der Waals surface area contributed by atoms with Gasteiger partial charge in [0.15, 0.2) is 0 Å². The monoisotopic (exact) mass is 336 g/mol. The summed E-state index contributed by atoms with van der Waals surface area (Å²) in [5, 5.41) is 3.18. The molecule has 0 aliphatic carbocycles. The normalized spacial score (nSPS) is 12.8. The number of aryl methyl sites for hydroxylation is 1. The number of aliphatic imine (C=N–C) groups is 1. The van der Waals surface area contributed by atoms with Gasteiger partial charge in [-0.15, -0.1) is 0 Å². The number of hydrogen-bond acceptors (Lipinski definition) is 3. The third kappa shape index (κ3) is 4.70.